The summed E-state index contributed by atoms with van der Waals surface area (Å²) in [6, 6.07) is 6.58. The average Bonchev–Trinajstić information content (AvgIpc) is 3.55. The van der Waals surface area contributed by atoms with Crippen LogP contribution in [0.15, 0.2) is 30.9 Å². The monoisotopic (exact) mass is 557 g/mol. The lowest BCUT2D eigenvalue weighted by Gasteiger charge is -2.41. The summed E-state index contributed by atoms with van der Waals surface area (Å²) in [5.74, 6) is 1.74. The Bertz CT molecular complexity index is 1370. The molecule has 1 unspecified atom stereocenters. The smallest absolute Gasteiger partial charge is 0.318 e. The van der Waals surface area contributed by atoms with Crippen LogP contribution in [0.3, 0.4) is 0 Å². The predicted octanol–water partition coefficient (Wildman–Crippen LogP) is 2.82. The molecule has 1 saturated heterocycles. The van der Waals surface area contributed by atoms with Crippen LogP contribution in [0, 0.1) is 12.0 Å². The number of para-hydroxylation sites is 1. The number of carbonyl (C=O) groups excluding carboxylic acids is 1. The number of hydrogen-bond donors (Lipinski definition) is 0. The van der Waals surface area contributed by atoms with Gasteiger partial charge < -0.3 is 33.9 Å². The molecule has 1 atom stereocenters. The minimum Gasteiger partial charge on any atom is -0.491 e. The summed E-state index contributed by atoms with van der Waals surface area (Å²) in [5.41, 5.74) is 4.63. The zero-order chi connectivity index (χ0) is 28.6. The first-order valence-corrected chi connectivity index (χ1v) is 14.6. The van der Waals surface area contributed by atoms with Crippen molar-refractivity contribution in [3.63, 3.8) is 0 Å². The summed E-state index contributed by atoms with van der Waals surface area (Å²) in [7, 11) is 4.20. The largest absolute Gasteiger partial charge is 0.491 e. The molecule has 4 aliphatic rings. The lowest BCUT2D eigenvalue weighted by Crippen LogP contribution is -2.56. The molecule has 1 aliphatic carbocycles. The number of rotatable bonds is 9. The predicted molar refractivity (Wildman–Crippen MR) is 158 cm³/mol. The highest BCUT2D eigenvalue weighted by Crippen LogP contribution is 2.46. The fourth-order valence-corrected chi connectivity index (χ4v) is 6.50. The molecule has 4 heterocycles. The van der Waals surface area contributed by atoms with E-state index < -0.39 is 0 Å². The highest BCUT2D eigenvalue weighted by Gasteiger charge is 2.44. The molecule has 1 saturated carbocycles. The van der Waals surface area contributed by atoms with E-state index in [9.17, 15) is 4.79 Å². The average molecular weight is 558 g/mol. The molecule has 2 aromatic rings. The maximum Gasteiger partial charge on any atom is 0.318 e. The van der Waals surface area contributed by atoms with Gasteiger partial charge in [-0.2, -0.15) is 9.97 Å². The second kappa shape index (κ2) is 11.2. The first-order valence-electron chi connectivity index (χ1n) is 14.6. The first kappa shape index (κ1) is 27.3. The van der Waals surface area contributed by atoms with E-state index in [1.165, 1.54) is 11.6 Å². The van der Waals surface area contributed by atoms with Crippen LogP contribution < -0.4 is 19.3 Å². The van der Waals surface area contributed by atoms with Gasteiger partial charge in [-0.1, -0.05) is 18.7 Å². The van der Waals surface area contributed by atoms with E-state index in [2.05, 4.69) is 58.4 Å². The Morgan fingerprint density at radius 2 is 2.10 bits per heavy atom. The Morgan fingerprint density at radius 1 is 1.24 bits per heavy atom. The van der Waals surface area contributed by atoms with Gasteiger partial charge in [0, 0.05) is 50.1 Å². The third-order valence-electron chi connectivity index (χ3n) is 8.72. The molecule has 0 spiro atoms. The molecule has 0 bridgehead atoms. The third-order valence-corrected chi connectivity index (χ3v) is 8.72. The fraction of sp³-hybridized carbons (Fsp3) is 0.548. The first-order chi connectivity index (χ1) is 19.9. The van der Waals surface area contributed by atoms with Crippen molar-refractivity contribution in [2.45, 2.75) is 38.3 Å². The number of ether oxygens (including phenoxy) is 2. The summed E-state index contributed by atoms with van der Waals surface area (Å²) >= 11 is 0. The molecule has 1 aromatic heterocycles. The number of aromatic nitrogens is 2. The molecule has 0 radical (unpaired) electrons. The second-order valence-corrected chi connectivity index (χ2v) is 12.0. The third kappa shape index (κ3) is 5.55. The standard InChI is InChI=1S/C31H39N7O3/c1-5-27(39)38-15-14-37(18-23(38)17-32-2)29-24-9-13-36(26-8-6-7-22-10-16-40-28(22)26)19-25(24)33-30(34-29)41-21-31(11-12-31)20-35(3)4/h5-8,23H,1,9-21H2,3-4H3. The van der Waals surface area contributed by atoms with E-state index in [0.29, 0.717) is 38.8 Å². The number of carbonyl (C=O) groups is 1. The highest BCUT2D eigenvalue weighted by atomic mass is 16.5. The van der Waals surface area contributed by atoms with Crippen molar-refractivity contribution in [1.29, 1.82) is 0 Å². The zero-order valence-corrected chi connectivity index (χ0v) is 24.1. The normalized spacial score (nSPS) is 20.6. The number of nitrogens with zero attached hydrogens (tertiary/aromatic N) is 7. The minimum atomic E-state index is -0.222. The van der Waals surface area contributed by atoms with Crippen molar-refractivity contribution in [3.8, 4) is 11.8 Å². The SMILES string of the molecule is [C-]#[N+]CC1CN(c2nc(OCC3(CN(C)C)CC3)nc3c2CCN(c2cccc4c2OCC4)C3)CCN1C(=O)C=C. The van der Waals surface area contributed by atoms with Gasteiger partial charge in [0.05, 0.1) is 31.1 Å². The van der Waals surface area contributed by atoms with Crippen LogP contribution in [0.25, 0.3) is 4.85 Å². The van der Waals surface area contributed by atoms with Gasteiger partial charge in [-0.3, -0.25) is 4.79 Å². The summed E-state index contributed by atoms with van der Waals surface area (Å²) in [6.07, 6.45) is 5.36. The minimum absolute atomic E-state index is 0.129. The number of hydrogen-bond acceptors (Lipinski definition) is 8. The van der Waals surface area contributed by atoms with Crippen LogP contribution in [0.4, 0.5) is 11.5 Å². The van der Waals surface area contributed by atoms with Gasteiger partial charge in [-0.15, -0.1) is 0 Å². The fourth-order valence-electron chi connectivity index (χ4n) is 6.50. The van der Waals surface area contributed by atoms with Crippen LogP contribution in [0.5, 0.6) is 11.8 Å². The highest BCUT2D eigenvalue weighted by molar-refractivity contribution is 5.87. The maximum atomic E-state index is 12.5. The number of amides is 1. The Hall–Kier alpha value is -3.84. The molecule has 2 fully saturated rings. The van der Waals surface area contributed by atoms with Gasteiger partial charge in [0.25, 0.3) is 0 Å². The number of piperazine rings is 1. The van der Waals surface area contributed by atoms with Crippen molar-refractivity contribution in [2.75, 3.05) is 76.4 Å². The molecule has 10 nitrogen and oxygen atoms in total. The van der Waals surface area contributed by atoms with Crippen molar-refractivity contribution < 1.29 is 14.3 Å². The van der Waals surface area contributed by atoms with Crippen molar-refractivity contribution in [3.05, 3.63) is 59.1 Å². The molecule has 0 N–H and O–H groups in total. The zero-order valence-electron chi connectivity index (χ0n) is 24.1. The molecule has 1 amide bonds. The van der Waals surface area contributed by atoms with E-state index in [1.54, 1.807) is 4.90 Å². The van der Waals surface area contributed by atoms with Gasteiger partial charge in [-0.05, 0) is 51.1 Å². The second-order valence-electron chi connectivity index (χ2n) is 12.0. The Morgan fingerprint density at radius 3 is 2.85 bits per heavy atom. The van der Waals surface area contributed by atoms with Crippen LogP contribution >= 0.6 is 0 Å². The van der Waals surface area contributed by atoms with E-state index >= 15 is 0 Å². The number of fused-ring (bicyclic) bond motifs is 2. The van der Waals surface area contributed by atoms with Gasteiger partial charge >= 0.3 is 6.01 Å². The van der Waals surface area contributed by atoms with Gasteiger partial charge in [-0.25, -0.2) is 6.57 Å². The maximum absolute atomic E-state index is 12.5. The van der Waals surface area contributed by atoms with E-state index in [-0.39, 0.29) is 23.9 Å². The summed E-state index contributed by atoms with van der Waals surface area (Å²) in [5, 5.41) is 0. The van der Waals surface area contributed by atoms with E-state index in [1.807, 2.05) is 0 Å². The van der Waals surface area contributed by atoms with Gasteiger partial charge in [0.2, 0.25) is 12.5 Å². The van der Waals surface area contributed by atoms with Crippen LogP contribution in [0.1, 0.15) is 29.7 Å². The summed E-state index contributed by atoms with van der Waals surface area (Å²) in [4.78, 5) is 34.7. The van der Waals surface area contributed by atoms with Crippen molar-refractivity contribution >= 4 is 17.4 Å². The Kier molecular flexibility index (Phi) is 7.47. The molecular weight excluding hydrogens is 518 g/mol. The molecular formula is C31H39N7O3. The van der Waals surface area contributed by atoms with E-state index in [4.69, 9.17) is 26.0 Å². The molecule has 10 heteroatoms. The lowest BCUT2D eigenvalue weighted by atomic mass is 10.0. The summed E-state index contributed by atoms with van der Waals surface area (Å²) < 4.78 is 12.4. The topological polar surface area (TPSA) is 78.6 Å². The van der Waals surface area contributed by atoms with Crippen LogP contribution in [-0.2, 0) is 24.2 Å². The Balaban J connectivity index is 1.31. The summed E-state index contributed by atoms with van der Waals surface area (Å²) in [6.45, 7) is 16.8. The molecule has 41 heavy (non-hydrogen) atoms. The van der Waals surface area contributed by atoms with Crippen LogP contribution in [0.2, 0.25) is 0 Å². The quantitative estimate of drug-likeness (QED) is 0.344. The molecule has 6 rings (SSSR count). The molecule has 216 valence electrons. The van der Waals surface area contributed by atoms with Gasteiger partial charge in [0.1, 0.15) is 17.6 Å². The number of anilines is 2. The Labute approximate surface area is 242 Å². The van der Waals surface area contributed by atoms with E-state index in [0.717, 1.165) is 73.9 Å². The molecule has 3 aliphatic heterocycles. The number of benzene rings is 1. The van der Waals surface area contributed by atoms with Gasteiger partial charge in [0.15, 0.2) is 0 Å². The van der Waals surface area contributed by atoms with Crippen LogP contribution in [-0.4, -0.2) is 98.3 Å². The lowest BCUT2D eigenvalue weighted by molar-refractivity contribution is -0.128. The van der Waals surface area contributed by atoms with Crippen molar-refractivity contribution in [2.24, 2.45) is 5.41 Å². The van der Waals surface area contributed by atoms with Crippen molar-refractivity contribution in [1.82, 2.24) is 19.8 Å². The molecule has 1 aromatic carbocycles.